The van der Waals surface area contributed by atoms with E-state index in [1.165, 1.54) is 16.9 Å². The van der Waals surface area contributed by atoms with Gasteiger partial charge in [0.15, 0.2) is 0 Å². The Balaban J connectivity index is 0.00000240. The number of piperazine rings is 1. The van der Waals surface area contributed by atoms with Crippen molar-refractivity contribution in [1.29, 1.82) is 0 Å². The fourth-order valence-electron chi connectivity index (χ4n) is 4.09. The molecule has 29 heavy (non-hydrogen) atoms. The minimum Gasteiger partial charge on any atom is -0.335 e. The van der Waals surface area contributed by atoms with Crippen molar-refractivity contribution in [3.8, 4) is 0 Å². The number of amides is 2. The molecule has 4 rings (SSSR count). The second kappa shape index (κ2) is 9.28. The van der Waals surface area contributed by atoms with Crippen LogP contribution < -0.4 is 5.32 Å². The van der Waals surface area contributed by atoms with Gasteiger partial charge in [0, 0.05) is 36.7 Å². The number of para-hydroxylation sites is 1. The van der Waals surface area contributed by atoms with Crippen molar-refractivity contribution in [2.24, 2.45) is 0 Å². The van der Waals surface area contributed by atoms with Crippen LogP contribution in [0.4, 0.5) is 5.69 Å². The first-order valence-electron chi connectivity index (χ1n) is 10.0. The van der Waals surface area contributed by atoms with Gasteiger partial charge in [0.1, 0.15) is 0 Å². The van der Waals surface area contributed by atoms with E-state index in [4.69, 9.17) is 0 Å². The molecule has 1 N–H and O–H groups in total. The van der Waals surface area contributed by atoms with Gasteiger partial charge in [0.2, 0.25) is 5.91 Å². The van der Waals surface area contributed by atoms with E-state index < -0.39 is 0 Å². The summed E-state index contributed by atoms with van der Waals surface area (Å²) in [4.78, 5) is 31.6. The highest BCUT2D eigenvalue weighted by atomic mass is 35.5. The second-order valence-corrected chi connectivity index (χ2v) is 8.93. The molecule has 1 aliphatic carbocycles. The van der Waals surface area contributed by atoms with Crippen LogP contribution in [0.25, 0.3) is 0 Å². The lowest BCUT2D eigenvalue weighted by molar-refractivity contribution is -0.117. The Bertz CT molecular complexity index is 862. The zero-order valence-corrected chi connectivity index (χ0v) is 18.6. The van der Waals surface area contributed by atoms with E-state index in [1.54, 1.807) is 11.3 Å². The molecule has 2 aliphatic rings. The van der Waals surface area contributed by atoms with Gasteiger partial charge in [-0.1, -0.05) is 18.2 Å². The summed E-state index contributed by atoms with van der Waals surface area (Å²) in [5, 5.41) is 3.05. The van der Waals surface area contributed by atoms with Crippen LogP contribution in [0.15, 0.2) is 24.3 Å². The number of hydrogen-bond donors (Lipinski definition) is 1. The molecule has 1 aliphatic heterocycles. The Hall–Kier alpha value is -1.89. The van der Waals surface area contributed by atoms with Gasteiger partial charge in [-0.05, 0) is 55.9 Å². The number of benzene rings is 1. The minimum atomic E-state index is 0. The molecule has 2 heterocycles. The number of anilines is 1. The molecule has 5 nitrogen and oxygen atoms in total. The van der Waals surface area contributed by atoms with Crippen LogP contribution in [0.2, 0.25) is 0 Å². The molecule has 0 saturated carbocycles. The highest BCUT2D eigenvalue weighted by Gasteiger charge is 2.26. The minimum absolute atomic E-state index is 0. The van der Waals surface area contributed by atoms with Gasteiger partial charge in [-0.25, -0.2) is 0 Å². The maximum atomic E-state index is 12.8. The lowest BCUT2D eigenvalue weighted by Crippen LogP contribution is -2.50. The molecule has 1 aromatic carbocycles. The molecule has 1 fully saturated rings. The Labute approximate surface area is 182 Å². The zero-order valence-electron chi connectivity index (χ0n) is 17.0. The van der Waals surface area contributed by atoms with Crippen LogP contribution >= 0.6 is 23.7 Å². The first kappa shape index (κ1) is 21.8. The fraction of sp³-hybridized carbons (Fsp3) is 0.455. The number of thiophene rings is 1. The van der Waals surface area contributed by atoms with Crippen molar-refractivity contribution in [1.82, 2.24) is 9.80 Å². The molecule has 0 bridgehead atoms. The van der Waals surface area contributed by atoms with E-state index in [1.807, 2.05) is 36.9 Å². The normalized spacial score (nSPS) is 16.3. The van der Waals surface area contributed by atoms with E-state index >= 15 is 0 Å². The van der Waals surface area contributed by atoms with Gasteiger partial charge in [0.25, 0.3) is 5.91 Å². The lowest BCUT2D eigenvalue weighted by atomic mass is 10.1. The van der Waals surface area contributed by atoms with Crippen LogP contribution in [-0.4, -0.2) is 54.3 Å². The number of carbonyl (C=O) groups excluding carboxylic acids is 2. The van der Waals surface area contributed by atoms with Gasteiger partial charge in [-0.2, -0.15) is 0 Å². The quantitative estimate of drug-likeness (QED) is 0.800. The number of rotatable bonds is 4. The smallest absolute Gasteiger partial charge is 0.264 e. The maximum Gasteiger partial charge on any atom is 0.264 e. The van der Waals surface area contributed by atoms with Crippen LogP contribution in [0.3, 0.4) is 0 Å². The molecular formula is C22H28ClN3O2S. The summed E-state index contributed by atoms with van der Waals surface area (Å²) in [5.41, 5.74) is 4.43. The number of nitrogens with zero attached hydrogens (tertiary/aromatic N) is 2. The van der Waals surface area contributed by atoms with Crippen molar-refractivity contribution in [2.45, 2.75) is 33.1 Å². The van der Waals surface area contributed by atoms with Gasteiger partial charge in [-0.3, -0.25) is 14.5 Å². The largest absolute Gasteiger partial charge is 0.335 e. The molecule has 0 unspecified atom stereocenters. The highest BCUT2D eigenvalue weighted by molar-refractivity contribution is 7.14. The van der Waals surface area contributed by atoms with Crippen LogP contribution in [0.1, 0.15) is 37.7 Å². The third kappa shape index (κ3) is 4.82. The maximum absolute atomic E-state index is 12.8. The average molecular weight is 434 g/mol. The third-order valence-electron chi connectivity index (χ3n) is 5.73. The topological polar surface area (TPSA) is 52.7 Å². The Kier molecular flexibility index (Phi) is 6.98. The summed E-state index contributed by atoms with van der Waals surface area (Å²) < 4.78 is 0. The average Bonchev–Trinajstić information content (AvgIpc) is 3.27. The molecule has 1 aromatic heterocycles. The highest BCUT2D eigenvalue weighted by Crippen LogP contribution is 2.31. The summed E-state index contributed by atoms with van der Waals surface area (Å²) in [6.07, 6.45) is 3.46. The molecule has 0 atom stereocenters. The van der Waals surface area contributed by atoms with Crippen molar-refractivity contribution >= 4 is 41.2 Å². The number of halogens is 1. The van der Waals surface area contributed by atoms with Gasteiger partial charge >= 0.3 is 0 Å². The molecule has 1 saturated heterocycles. The molecule has 156 valence electrons. The molecule has 2 aromatic rings. The summed E-state index contributed by atoms with van der Waals surface area (Å²) in [6, 6.07) is 8.11. The van der Waals surface area contributed by atoms with E-state index in [9.17, 15) is 9.59 Å². The molecule has 2 amide bonds. The van der Waals surface area contributed by atoms with Crippen molar-refractivity contribution in [3.63, 3.8) is 0 Å². The van der Waals surface area contributed by atoms with Gasteiger partial charge < -0.3 is 10.2 Å². The molecule has 0 radical (unpaired) electrons. The molecular weight excluding hydrogens is 406 g/mol. The van der Waals surface area contributed by atoms with E-state index in [0.29, 0.717) is 19.6 Å². The summed E-state index contributed by atoms with van der Waals surface area (Å²) in [5.74, 6) is 0.158. The standard InChI is InChI=1S/C22H27N3O2S.ClH/c1-15-5-3-6-16(2)21(15)23-20(26)14-24-9-11-25(12-10-24)22(27)19-13-17-7-4-8-18(17)28-19;/h3,5-6,13H,4,7-12,14H2,1-2H3,(H,23,26);1H. The molecule has 7 heteroatoms. The summed E-state index contributed by atoms with van der Waals surface area (Å²) in [6.45, 7) is 7.20. The number of carbonyl (C=O) groups is 2. The number of fused-ring (bicyclic) bond motifs is 1. The lowest BCUT2D eigenvalue weighted by Gasteiger charge is -2.34. The Morgan fingerprint density at radius 1 is 1.07 bits per heavy atom. The van der Waals surface area contributed by atoms with Gasteiger partial charge in [-0.15, -0.1) is 23.7 Å². The van der Waals surface area contributed by atoms with Crippen LogP contribution in [0.5, 0.6) is 0 Å². The van der Waals surface area contributed by atoms with Crippen LogP contribution in [0, 0.1) is 13.8 Å². The zero-order chi connectivity index (χ0) is 19.7. The number of nitrogens with one attached hydrogen (secondary N) is 1. The van der Waals surface area contributed by atoms with E-state index in [0.717, 1.165) is 47.6 Å². The number of aryl methyl sites for hydroxylation is 4. The predicted molar refractivity (Wildman–Crippen MR) is 120 cm³/mol. The molecule has 0 spiro atoms. The van der Waals surface area contributed by atoms with E-state index in [2.05, 4.69) is 16.3 Å². The van der Waals surface area contributed by atoms with Crippen molar-refractivity contribution < 1.29 is 9.59 Å². The summed E-state index contributed by atoms with van der Waals surface area (Å²) >= 11 is 1.67. The van der Waals surface area contributed by atoms with Gasteiger partial charge in [0.05, 0.1) is 11.4 Å². The first-order valence-corrected chi connectivity index (χ1v) is 10.8. The second-order valence-electron chi connectivity index (χ2n) is 7.80. The SMILES string of the molecule is Cc1cccc(C)c1NC(=O)CN1CCN(C(=O)c2cc3c(s2)CCC3)CC1.Cl. The third-order valence-corrected chi connectivity index (χ3v) is 6.95. The monoisotopic (exact) mass is 433 g/mol. The predicted octanol–water partition coefficient (Wildman–Crippen LogP) is 3.67. The summed E-state index contributed by atoms with van der Waals surface area (Å²) in [7, 11) is 0. The van der Waals surface area contributed by atoms with Crippen LogP contribution in [-0.2, 0) is 17.6 Å². The van der Waals surface area contributed by atoms with Crippen molar-refractivity contribution in [2.75, 3.05) is 38.0 Å². The first-order chi connectivity index (χ1) is 13.5. The fourth-order valence-corrected chi connectivity index (χ4v) is 5.31. The number of hydrogen-bond acceptors (Lipinski definition) is 4. The van der Waals surface area contributed by atoms with Crippen molar-refractivity contribution in [3.05, 3.63) is 50.7 Å². The Morgan fingerprint density at radius 3 is 2.41 bits per heavy atom. The van der Waals surface area contributed by atoms with E-state index in [-0.39, 0.29) is 24.2 Å². The Morgan fingerprint density at radius 2 is 1.76 bits per heavy atom.